The highest BCUT2D eigenvalue weighted by Gasteiger charge is 2.46. The lowest BCUT2D eigenvalue weighted by Crippen LogP contribution is -2.46. The molecule has 12 nitrogen and oxygen atoms in total. The van der Waals surface area contributed by atoms with Crippen LogP contribution in [-0.4, -0.2) is 82.1 Å². The molecule has 5 rings (SSSR count). The van der Waals surface area contributed by atoms with Gasteiger partial charge in [0.25, 0.3) is 11.8 Å². The van der Waals surface area contributed by atoms with Crippen molar-refractivity contribution in [3.05, 3.63) is 75.6 Å². The number of hydrogen-bond acceptors (Lipinski definition) is 8. The largest absolute Gasteiger partial charge is 0.355 e. The molecule has 2 heterocycles. The summed E-state index contributed by atoms with van der Waals surface area (Å²) in [6.07, 6.45) is 3.29. The lowest BCUT2D eigenvalue weighted by Gasteiger charge is -2.37. The number of nitrogens with zero attached hydrogens (tertiary/aromatic N) is 6. The molecule has 1 saturated heterocycles. The van der Waals surface area contributed by atoms with Crippen molar-refractivity contribution in [3.8, 4) is 6.07 Å². The smallest absolute Gasteiger partial charge is 0.251 e. The maximum Gasteiger partial charge on any atom is 0.251 e. The number of amides is 3. The predicted octanol–water partition coefficient (Wildman–Crippen LogP) is 1.25. The summed E-state index contributed by atoms with van der Waals surface area (Å²) in [6.45, 7) is 2.70. The van der Waals surface area contributed by atoms with Crippen LogP contribution in [0.4, 0.5) is 0 Å². The SMILES string of the molecule is CNC(=O)c1ccc2c(c1)CCc1cc(C(=O)NC)ccc1C2(C[C@H](C)NCC(=O)N1CCC[C@H]1C#N)c1nnnn1C. The second kappa shape index (κ2) is 12.3. The fraction of sp³-hybridized carbons (Fsp3) is 0.452. The van der Waals surface area contributed by atoms with Crippen LogP contribution < -0.4 is 16.0 Å². The van der Waals surface area contributed by atoms with Gasteiger partial charge in [-0.05, 0) is 96.0 Å². The van der Waals surface area contributed by atoms with E-state index in [1.165, 1.54) is 0 Å². The zero-order valence-electron chi connectivity index (χ0n) is 25.0. The van der Waals surface area contributed by atoms with Crippen LogP contribution in [-0.2, 0) is 30.1 Å². The fourth-order valence-electron chi connectivity index (χ4n) is 6.66. The van der Waals surface area contributed by atoms with E-state index in [1.807, 2.05) is 43.3 Å². The molecule has 2 atom stereocenters. The van der Waals surface area contributed by atoms with E-state index in [2.05, 4.69) is 37.5 Å². The molecular weight excluding hydrogens is 546 g/mol. The van der Waals surface area contributed by atoms with Gasteiger partial charge in [-0.25, -0.2) is 4.68 Å². The van der Waals surface area contributed by atoms with Gasteiger partial charge in [-0.3, -0.25) is 14.4 Å². The first-order valence-corrected chi connectivity index (χ1v) is 14.6. The highest BCUT2D eigenvalue weighted by molar-refractivity contribution is 5.95. The summed E-state index contributed by atoms with van der Waals surface area (Å²) in [4.78, 5) is 40.0. The monoisotopic (exact) mass is 583 g/mol. The number of carbonyl (C=O) groups is 3. The average molecular weight is 584 g/mol. The van der Waals surface area contributed by atoms with Gasteiger partial charge in [-0.1, -0.05) is 12.1 Å². The molecule has 1 fully saturated rings. The number of benzene rings is 2. The summed E-state index contributed by atoms with van der Waals surface area (Å²) in [6, 6.07) is 13.1. The van der Waals surface area contributed by atoms with Gasteiger partial charge in [0.15, 0.2) is 5.82 Å². The standard InChI is InChI=1S/C31H37N9O3/c1-19(35-18-27(41)40-13-5-6-24(40)17-32)16-31(30-36-37-38-39(30)4)25-11-9-22(28(42)33-2)14-20(25)7-8-21-15-23(29(43)34-3)10-12-26(21)31/h9-12,14-15,19,24,35H,5-8,13,16,18H2,1-4H3,(H,33,42)(H,34,43)/t19-,24-/m0/s1. The minimum atomic E-state index is -0.875. The van der Waals surface area contributed by atoms with Crippen molar-refractivity contribution in [3.63, 3.8) is 0 Å². The fourth-order valence-corrected chi connectivity index (χ4v) is 6.66. The molecule has 2 aromatic carbocycles. The maximum atomic E-state index is 13.1. The van der Waals surface area contributed by atoms with Gasteiger partial charge in [0.1, 0.15) is 6.04 Å². The Hall–Kier alpha value is -4.63. The summed E-state index contributed by atoms with van der Waals surface area (Å²) in [5, 5.41) is 31.0. The first kappa shape index (κ1) is 29.8. The Morgan fingerprint density at radius 2 is 1.65 bits per heavy atom. The van der Waals surface area contributed by atoms with E-state index in [1.54, 1.807) is 30.7 Å². The van der Waals surface area contributed by atoms with Crippen molar-refractivity contribution >= 4 is 17.7 Å². The predicted molar refractivity (Wildman–Crippen MR) is 158 cm³/mol. The highest BCUT2D eigenvalue weighted by atomic mass is 16.2. The summed E-state index contributed by atoms with van der Waals surface area (Å²) < 4.78 is 1.66. The number of hydrogen-bond donors (Lipinski definition) is 3. The second-order valence-corrected chi connectivity index (χ2v) is 11.3. The third-order valence-electron chi connectivity index (χ3n) is 8.71. The number of carbonyl (C=O) groups excluding carboxylic acids is 3. The quantitative estimate of drug-likeness (QED) is 0.358. The number of fused-ring (bicyclic) bond motifs is 2. The molecule has 43 heavy (non-hydrogen) atoms. The van der Waals surface area contributed by atoms with Gasteiger partial charge in [-0.15, -0.1) is 5.10 Å². The van der Waals surface area contributed by atoms with Gasteiger partial charge in [0.05, 0.1) is 18.0 Å². The summed E-state index contributed by atoms with van der Waals surface area (Å²) in [7, 11) is 5.01. The van der Waals surface area contributed by atoms with Crippen molar-refractivity contribution in [1.82, 2.24) is 41.1 Å². The summed E-state index contributed by atoms with van der Waals surface area (Å²) in [5.41, 5.74) is 4.13. The number of aromatic nitrogens is 4. The number of tetrazole rings is 1. The molecule has 3 aromatic rings. The Morgan fingerprint density at radius 1 is 1.05 bits per heavy atom. The minimum Gasteiger partial charge on any atom is -0.355 e. The van der Waals surface area contributed by atoms with Crippen LogP contribution in [0, 0.1) is 11.3 Å². The van der Waals surface area contributed by atoms with Crippen LogP contribution in [0.15, 0.2) is 36.4 Å². The molecular formula is C31H37N9O3. The molecule has 0 unspecified atom stereocenters. The van der Waals surface area contributed by atoms with Gasteiger partial charge in [-0.2, -0.15) is 5.26 Å². The van der Waals surface area contributed by atoms with Gasteiger partial charge < -0.3 is 20.9 Å². The van der Waals surface area contributed by atoms with Crippen LogP contribution in [0.25, 0.3) is 0 Å². The van der Waals surface area contributed by atoms with E-state index in [9.17, 15) is 19.6 Å². The molecule has 0 radical (unpaired) electrons. The van der Waals surface area contributed by atoms with Crippen LogP contribution in [0.3, 0.4) is 0 Å². The van der Waals surface area contributed by atoms with Crippen LogP contribution in [0.1, 0.15) is 75.0 Å². The van der Waals surface area contributed by atoms with Crippen molar-refractivity contribution in [2.75, 3.05) is 27.2 Å². The van der Waals surface area contributed by atoms with Crippen LogP contribution >= 0.6 is 0 Å². The molecule has 3 amide bonds. The third kappa shape index (κ3) is 5.48. The molecule has 12 heteroatoms. The van der Waals surface area contributed by atoms with E-state index in [0.717, 1.165) is 28.7 Å². The first-order chi connectivity index (χ1) is 20.7. The van der Waals surface area contributed by atoms with Gasteiger partial charge in [0.2, 0.25) is 5.91 Å². The third-order valence-corrected chi connectivity index (χ3v) is 8.71. The topological polar surface area (TPSA) is 158 Å². The van der Waals surface area contributed by atoms with Gasteiger partial charge >= 0.3 is 0 Å². The van der Waals surface area contributed by atoms with Crippen molar-refractivity contribution in [2.45, 2.75) is 56.5 Å². The summed E-state index contributed by atoms with van der Waals surface area (Å²) in [5.74, 6) is 0.158. The van der Waals surface area contributed by atoms with E-state index < -0.39 is 5.41 Å². The van der Waals surface area contributed by atoms with Crippen LogP contribution in [0.2, 0.25) is 0 Å². The van der Waals surface area contributed by atoms with Crippen LogP contribution in [0.5, 0.6) is 0 Å². The maximum absolute atomic E-state index is 13.1. The second-order valence-electron chi connectivity index (χ2n) is 11.3. The average Bonchev–Trinajstić information content (AvgIpc) is 3.67. The zero-order chi connectivity index (χ0) is 30.7. The molecule has 1 aliphatic heterocycles. The number of aryl methyl sites for hydroxylation is 3. The Bertz CT molecular complexity index is 1520. The number of nitrogens with one attached hydrogen (secondary N) is 3. The Kier molecular flexibility index (Phi) is 8.54. The molecule has 0 bridgehead atoms. The molecule has 3 N–H and O–H groups in total. The van der Waals surface area contributed by atoms with Crippen molar-refractivity contribution in [1.29, 1.82) is 5.26 Å². The lowest BCUT2D eigenvalue weighted by molar-refractivity contribution is -0.130. The van der Waals surface area contributed by atoms with Gasteiger partial charge in [0, 0.05) is 44.9 Å². The molecule has 0 saturated carbocycles. The normalized spacial score (nSPS) is 17.7. The number of nitriles is 1. The lowest BCUT2D eigenvalue weighted by atomic mass is 9.67. The minimum absolute atomic E-state index is 0.0947. The van der Waals surface area contributed by atoms with E-state index in [-0.39, 0.29) is 36.3 Å². The molecule has 1 aromatic heterocycles. The number of likely N-dealkylation sites (tertiary alicyclic amines) is 1. The number of rotatable bonds is 8. The Morgan fingerprint density at radius 3 is 2.16 bits per heavy atom. The Labute approximate surface area is 250 Å². The van der Waals surface area contributed by atoms with E-state index >= 15 is 0 Å². The van der Waals surface area contributed by atoms with E-state index in [0.29, 0.717) is 49.2 Å². The highest BCUT2D eigenvalue weighted by Crippen LogP contribution is 2.47. The molecule has 224 valence electrons. The zero-order valence-corrected chi connectivity index (χ0v) is 25.0. The van der Waals surface area contributed by atoms with Crippen molar-refractivity contribution in [2.24, 2.45) is 7.05 Å². The molecule has 1 aliphatic carbocycles. The van der Waals surface area contributed by atoms with Crippen molar-refractivity contribution < 1.29 is 14.4 Å². The molecule has 0 spiro atoms. The van der Waals surface area contributed by atoms with E-state index in [4.69, 9.17) is 0 Å². The summed E-state index contributed by atoms with van der Waals surface area (Å²) >= 11 is 0. The Balaban J connectivity index is 1.62. The first-order valence-electron chi connectivity index (χ1n) is 14.6. The molecule has 2 aliphatic rings.